The number of hydrogen-bond donors (Lipinski definition) is 2. The maximum atomic E-state index is 12.2. The largest absolute Gasteiger partial charge is 0.495 e. The molecule has 0 saturated heterocycles. The third-order valence-electron chi connectivity index (χ3n) is 2.98. The van der Waals surface area contributed by atoms with Crippen LogP contribution in [0.4, 0.5) is 11.4 Å². The summed E-state index contributed by atoms with van der Waals surface area (Å²) in [6.07, 6.45) is 2.66. The summed E-state index contributed by atoms with van der Waals surface area (Å²) in [7, 11) is 1.53. The van der Waals surface area contributed by atoms with Crippen LogP contribution in [0.25, 0.3) is 0 Å². The van der Waals surface area contributed by atoms with Gasteiger partial charge in [0.25, 0.3) is 5.91 Å². The highest BCUT2D eigenvalue weighted by molar-refractivity contribution is 6.31. The molecule has 5 nitrogen and oxygen atoms in total. The van der Waals surface area contributed by atoms with Gasteiger partial charge in [-0.2, -0.15) is 0 Å². The van der Waals surface area contributed by atoms with Crippen molar-refractivity contribution in [1.82, 2.24) is 4.98 Å². The number of amides is 1. The molecule has 1 aromatic carbocycles. The van der Waals surface area contributed by atoms with Crippen LogP contribution < -0.4 is 15.4 Å². The number of nitrogens with one attached hydrogen (secondary N) is 2. The second-order valence-corrected chi connectivity index (χ2v) is 5.09. The number of methoxy groups -OCH3 is 1. The maximum Gasteiger partial charge on any atom is 0.274 e. The Morgan fingerprint density at radius 2 is 2.14 bits per heavy atom. The molecular weight excluding hydrogens is 302 g/mol. The summed E-state index contributed by atoms with van der Waals surface area (Å²) in [5, 5.41) is 6.47. The van der Waals surface area contributed by atoms with Crippen molar-refractivity contribution in [3.05, 3.63) is 47.2 Å². The predicted octanol–water partition coefficient (Wildman–Crippen LogP) is 3.82. The first-order valence-electron chi connectivity index (χ1n) is 6.99. The van der Waals surface area contributed by atoms with Crippen molar-refractivity contribution in [2.45, 2.75) is 13.3 Å². The highest BCUT2D eigenvalue weighted by Gasteiger charge is 2.11. The van der Waals surface area contributed by atoms with E-state index < -0.39 is 0 Å². The number of carbonyl (C=O) groups excluding carboxylic acids is 1. The Hall–Kier alpha value is -2.27. The fraction of sp³-hybridized carbons (Fsp3) is 0.250. The number of aromatic nitrogens is 1. The molecule has 2 rings (SSSR count). The summed E-state index contributed by atoms with van der Waals surface area (Å²) in [6, 6.07) is 8.53. The molecule has 1 amide bonds. The van der Waals surface area contributed by atoms with Crippen molar-refractivity contribution in [2.24, 2.45) is 0 Å². The molecule has 0 radical (unpaired) electrons. The zero-order chi connectivity index (χ0) is 15.9. The Kier molecular flexibility index (Phi) is 5.61. The maximum absolute atomic E-state index is 12.2. The monoisotopic (exact) mass is 319 g/mol. The molecule has 0 aliphatic heterocycles. The van der Waals surface area contributed by atoms with Crippen LogP contribution in [0.1, 0.15) is 23.8 Å². The number of benzene rings is 1. The minimum absolute atomic E-state index is 0.317. The lowest BCUT2D eigenvalue weighted by Crippen LogP contribution is -2.14. The fourth-order valence-corrected chi connectivity index (χ4v) is 2.04. The van der Waals surface area contributed by atoms with Gasteiger partial charge in [-0.3, -0.25) is 4.79 Å². The van der Waals surface area contributed by atoms with E-state index >= 15 is 0 Å². The first-order chi connectivity index (χ1) is 10.6. The van der Waals surface area contributed by atoms with Crippen molar-refractivity contribution < 1.29 is 9.53 Å². The number of nitrogens with zero attached hydrogens (tertiary/aromatic N) is 1. The molecule has 2 aromatic rings. The van der Waals surface area contributed by atoms with Crippen LogP contribution in [-0.2, 0) is 0 Å². The fourth-order valence-electron chi connectivity index (χ4n) is 1.87. The van der Waals surface area contributed by atoms with E-state index in [1.807, 2.05) is 6.07 Å². The van der Waals surface area contributed by atoms with E-state index in [2.05, 4.69) is 22.5 Å². The Morgan fingerprint density at radius 3 is 2.77 bits per heavy atom. The van der Waals surface area contributed by atoms with Crippen LogP contribution in [0.5, 0.6) is 5.75 Å². The molecule has 0 aliphatic rings. The third-order valence-corrected chi connectivity index (χ3v) is 3.22. The molecule has 0 aliphatic carbocycles. The van der Waals surface area contributed by atoms with Gasteiger partial charge in [0.1, 0.15) is 11.4 Å². The Morgan fingerprint density at radius 1 is 1.32 bits per heavy atom. The van der Waals surface area contributed by atoms with Gasteiger partial charge in [0.15, 0.2) is 0 Å². The van der Waals surface area contributed by atoms with E-state index in [9.17, 15) is 4.79 Å². The van der Waals surface area contributed by atoms with Crippen molar-refractivity contribution >= 4 is 28.9 Å². The first-order valence-corrected chi connectivity index (χ1v) is 7.36. The highest BCUT2D eigenvalue weighted by atomic mass is 35.5. The van der Waals surface area contributed by atoms with E-state index in [0.29, 0.717) is 22.2 Å². The normalized spacial score (nSPS) is 10.1. The summed E-state index contributed by atoms with van der Waals surface area (Å²) < 4.78 is 5.20. The van der Waals surface area contributed by atoms with Gasteiger partial charge in [-0.25, -0.2) is 4.98 Å². The van der Waals surface area contributed by atoms with Gasteiger partial charge in [-0.1, -0.05) is 18.5 Å². The standard InChI is InChI=1S/C16H18ClN3O2/c1-3-8-18-12-5-6-13(19-10-12)16(21)20-14-9-11(17)4-7-15(14)22-2/h4-7,9-10,18H,3,8H2,1-2H3,(H,20,21). The minimum Gasteiger partial charge on any atom is -0.495 e. The molecule has 0 fully saturated rings. The molecule has 22 heavy (non-hydrogen) atoms. The van der Waals surface area contributed by atoms with Crippen LogP contribution >= 0.6 is 11.6 Å². The van der Waals surface area contributed by atoms with E-state index in [0.717, 1.165) is 18.7 Å². The number of rotatable bonds is 6. The SMILES string of the molecule is CCCNc1ccc(C(=O)Nc2cc(Cl)ccc2OC)nc1. The van der Waals surface area contributed by atoms with Crippen LogP contribution in [0, 0.1) is 0 Å². The second-order valence-electron chi connectivity index (χ2n) is 4.66. The number of pyridine rings is 1. The average Bonchev–Trinajstić information content (AvgIpc) is 2.53. The first kappa shape index (κ1) is 16.1. The molecule has 1 heterocycles. The molecule has 0 spiro atoms. The van der Waals surface area contributed by atoms with Gasteiger partial charge in [0.2, 0.25) is 0 Å². The quantitative estimate of drug-likeness (QED) is 0.849. The predicted molar refractivity (Wildman–Crippen MR) is 89.0 cm³/mol. The molecule has 6 heteroatoms. The Balaban J connectivity index is 2.10. The lowest BCUT2D eigenvalue weighted by Gasteiger charge is -2.10. The summed E-state index contributed by atoms with van der Waals surface area (Å²) in [6.45, 7) is 2.95. The lowest BCUT2D eigenvalue weighted by atomic mass is 10.2. The Labute approximate surface area is 134 Å². The molecular formula is C16H18ClN3O2. The van der Waals surface area contributed by atoms with Gasteiger partial charge in [-0.15, -0.1) is 0 Å². The van der Waals surface area contributed by atoms with Crippen molar-refractivity contribution in [2.75, 3.05) is 24.3 Å². The molecule has 0 atom stereocenters. The van der Waals surface area contributed by atoms with E-state index in [4.69, 9.17) is 16.3 Å². The summed E-state index contributed by atoms with van der Waals surface area (Å²) in [5.41, 5.74) is 1.72. The number of halogens is 1. The Bertz CT molecular complexity index is 644. The van der Waals surface area contributed by atoms with Crippen molar-refractivity contribution in [1.29, 1.82) is 0 Å². The second kappa shape index (κ2) is 7.66. The number of ether oxygens (including phenoxy) is 1. The van der Waals surface area contributed by atoms with Crippen molar-refractivity contribution in [3.63, 3.8) is 0 Å². The number of anilines is 2. The molecule has 2 N–H and O–H groups in total. The zero-order valence-corrected chi connectivity index (χ0v) is 13.3. The van der Waals surface area contributed by atoms with Gasteiger partial charge in [-0.05, 0) is 36.8 Å². The summed E-state index contributed by atoms with van der Waals surface area (Å²) >= 11 is 5.94. The van der Waals surface area contributed by atoms with Gasteiger partial charge >= 0.3 is 0 Å². The molecule has 116 valence electrons. The minimum atomic E-state index is -0.317. The molecule has 1 aromatic heterocycles. The number of carbonyl (C=O) groups is 1. The molecule has 0 unspecified atom stereocenters. The van der Waals surface area contributed by atoms with E-state index in [-0.39, 0.29) is 5.91 Å². The summed E-state index contributed by atoms with van der Waals surface area (Å²) in [4.78, 5) is 16.4. The highest BCUT2D eigenvalue weighted by Crippen LogP contribution is 2.28. The van der Waals surface area contributed by atoms with Crippen LogP contribution in [0.2, 0.25) is 5.02 Å². The van der Waals surface area contributed by atoms with Crippen LogP contribution in [-0.4, -0.2) is 24.5 Å². The zero-order valence-electron chi connectivity index (χ0n) is 12.5. The van der Waals surface area contributed by atoms with Gasteiger partial charge in [0.05, 0.1) is 24.7 Å². The van der Waals surface area contributed by atoms with E-state index in [1.54, 1.807) is 30.5 Å². The lowest BCUT2D eigenvalue weighted by molar-refractivity contribution is 0.102. The van der Waals surface area contributed by atoms with Gasteiger partial charge < -0.3 is 15.4 Å². The van der Waals surface area contributed by atoms with E-state index in [1.165, 1.54) is 7.11 Å². The van der Waals surface area contributed by atoms with Crippen molar-refractivity contribution in [3.8, 4) is 5.75 Å². The third kappa shape index (κ3) is 4.11. The van der Waals surface area contributed by atoms with Crippen LogP contribution in [0.3, 0.4) is 0 Å². The molecule has 0 bridgehead atoms. The topological polar surface area (TPSA) is 63.2 Å². The molecule has 0 saturated carbocycles. The average molecular weight is 320 g/mol. The smallest absolute Gasteiger partial charge is 0.274 e. The summed E-state index contributed by atoms with van der Waals surface area (Å²) in [5.74, 6) is 0.224. The van der Waals surface area contributed by atoms with Gasteiger partial charge in [0, 0.05) is 11.6 Å². The number of hydrogen-bond acceptors (Lipinski definition) is 4. The van der Waals surface area contributed by atoms with Crippen LogP contribution in [0.15, 0.2) is 36.5 Å².